The molecule has 0 spiro atoms. The molecule has 0 radical (unpaired) electrons. The molecule has 1 aliphatic carbocycles. The monoisotopic (exact) mass is 223 g/mol. The van der Waals surface area contributed by atoms with Crippen molar-refractivity contribution in [1.29, 1.82) is 0 Å². The molecule has 1 fully saturated rings. The topological polar surface area (TPSA) is 54.7 Å². The van der Waals surface area contributed by atoms with Gasteiger partial charge >= 0.3 is 0 Å². The standard InChI is InChI=1S/C11H11F2N3/c12-11(13)4-6(5-11)10-15-8-2-1-7(14)3-9(8)16-10/h1-3,6H,4-5,14H2,(H,15,16). The Hall–Kier alpha value is -1.65. The Bertz CT molecular complexity index is 539. The molecule has 1 aromatic heterocycles. The van der Waals surface area contributed by atoms with E-state index in [4.69, 9.17) is 5.73 Å². The Labute approximate surface area is 90.7 Å². The number of nitrogens with one attached hydrogen (secondary N) is 1. The summed E-state index contributed by atoms with van der Waals surface area (Å²) in [6.45, 7) is 0. The number of aromatic amines is 1. The maximum atomic E-state index is 12.7. The van der Waals surface area contributed by atoms with Crippen LogP contribution in [0.2, 0.25) is 0 Å². The first-order valence-electron chi connectivity index (χ1n) is 5.16. The molecule has 1 saturated carbocycles. The highest BCUT2D eigenvalue weighted by molar-refractivity contribution is 5.78. The molecule has 0 saturated heterocycles. The van der Waals surface area contributed by atoms with E-state index in [-0.39, 0.29) is 18.8 Å². The largest absolute Gasteiger partial charge is 0.399 e. The van der Waals surface area contributed by atoms with Crippen molar-refractivity contribution in [2.75, 3.05) is 5.73 Å². The Kier molecular flexibility index (Phi) is 1.75. The van der Waals surface area contributed by atoms with Gasteiger partial charge in [0.15, 0.2) is 0 Å². The van der Waals surface area contributed by atoms with Crippen LogP contribution in [0.1, 0.15) is 24.6 Å². The first-order chi connectivity index (χ1) is 7.53. The highest BCUT2D eigenvalue weighted by Crippen LogP contribution is 2.47. The molecule has 3 nitrogen and oxygen atoms in total. The van der Waals surface area contributed by atoms with Crippen molar-refractivity contribution in [3.05, 3.63) is 24.0 Å². The molecule has 16 heavy (non-hydrogen) atoms. The van der Waals surface area contributed by atoms with Crippen molar-refractivity contribution < 1.29 is 8.78 Å². The van der Waals surface area contributed by atoms with Gasteiger partial charge in [-0.2, -0.15) is 0 Å². The number of anilines is 1. The number of nitrogens with two attached hydrogens (primary N) is 1. The van der Waals surface area contributed by atoms with E-state index in [2.05, 4.69) is 9.97 Å². The molecule has 0 aliphatic heterocycles. The molecule has 1 aromatic carbocycles. The van der Waals surface area contributed by atoms with Crippen molar-refractivity contribution in [1.82, 2.24) is 9.97 Å². The number of halogens is 2. The summed E-state index contributed by atoms with van der Waals surface area (Å²) in [7, 11) is 0. The molecular formula is C11H11F2N3. The number of hydrogen-bond donors (Lipinski definition) is 2. The van der Waals surface area contributed by atoms with Crippen molar-refractivity contribution in [2.45, 2.75) is 24.7 Å². The average molecular weight is 223 g/mol. The Morgan fingerprint density at radius 3 is 2.81 bits per heavy atom. The fourth-order valence-corrected chi connectivity index (χ4v) is 2.09. The second kappa shape index (κ2) is 2.93. The number of nitrogen functional groups attached to an aromatic ring is 1. The average Bonchev–Trinajstić information content (AvgIpc) is 2.56. The molecule has 0 unspecified atom stereocenters. The van der Waals surface area contributed by atoms with E-state index in [0.717, 1.165) is 11.0 Å². The van der Waals surface area contributed by atoms with E-state index in [1.165, 1.54) is 0 Å². The maximum absolute atomic E-state index is 12.7. The van der Waals surface area contributed by atoms with Crippen LogP contribution >= 0.6 is 0 Å². The Balaban J connectivity index is 1.95. The molecular weight excluding hydrogens is 212 g/mol. The molecule has 5 heteroatoms. The molecule has 1 aliphatic rings. The van der Waals surface area contributed by atoms with Gasteiger partial charge in [-0.3, -0.25) is 0 Å². The van der Waals surface area contributed by atoms with E-state index in [1.807, 2.05) is 0 Å². The number of H-pyrrole nitrogens is 1. The summed E-state index contributed by atoms with van der Waals surface area (Å²) < 4.78 is 25.5. The molecule has 2 aromatic rings. The Morgan fingerprint density at radius 1 is 1.38 bits per heavy atom. The number of benzene rings is 1. The van der Waals surface area contributed by atoms with Crippen LogP contribution < -0.4 is 5.73 Å². The molecule has 0 atom stereocenters. The van der Waals surface area contributed by atoms with Crippen LogP contribution in [0.5, 0.6) is 0 Å². The second-order valence-corrected chi connectivity index (χ2v) is 4.36. The summed E-state index contributed by atoms with van der Waals surface area (Å²) in [5.74, 6) is -2.02. The van der Waals surface area contributed by atoms with E-state index in [0.29, 0.717) is 11.5 Å². The minimum atomic E-state index is -2.51. The first-order valence-corrected chi connectivity index (χ1v) is 5.16. The maximum Gasteiger partial charge on any atom is 0.249 e. The zero-order valence-electron chi connectivity index (χ0n) is 8.50. The fourth-order valence-electron chi connectivity index (χ4n) is 2.09. The van der Waals surface area contributed by atoms with Gasteiger partial charge in [0, 0.05) is 24.4 Å². The van der Waals surface area contributed by atoms with Crippen molar-refractivity contribution in [2.24, 2.45) is 0 Å². The normalized spacial score (nSPS) is 19.9. The molecule has 1 heterocycles. The second-order valence-electron chi connectivity index (χ2n) is 4.36. The van der Waals surface area contributed by atoms with Crippen LogP contribution in [0, 0.1) is 0 Å². The molecule has 3 N–H and O–H groups in total. The zero-order chi connectivity index (χ0) is 11.3. The predicted octanol–water partition coefficient (Wildman–Crippen LogP) is 2.66. The van der Waals surface area contributed by atoms with Crippen LogP contribution in [0.25, 0.3) is 11.0 Å². The third-order valence-corrected chi connectivity index (χ3v) is 3.00. The molecule has 84 valence electrons. The van der Waals surface area contributed by atoms with Crippen molar-refractivity contribution >= 4 is 16.7 Å². The van der Waals surface area contributed by atoms with Crippen LogP contribution in [0.3, 0.4) is 0 Å². The van der Waals surface area contributed by atoms with Gasteiger partial charge in [-0.05, 0) is 18.2 Å². The smallest absolute Gasteiger partial charge is 0.249 e. The van der Waals surface area contributed by atoms with Gasteiger partial charge in [-0.1, -0.05) is 0 Å². The van der Waals surface area contributed by atoms with Crippen LogP contribution in [-0.4, -0.2) is 15.9 Å². The molecule has 3 rings (SSSR count). The first kappa shape index (κ1) is 9.57. The number of rotatable bonds is 1. The predicted molar refractivity (Wildman–Crippen MR) is 57.4 cm³/mol. The lowest BCUT2D eigenvalue weighted by molar-refractivity contribution is -0.0883. The number of aromatic nitrogens is 2. The lowest BCUT2D eigenvalue weighted by atomic mass is 9.81. The summed E-state index contributed by atoms with van der Waals surface area (Å²) in [5.41, 5.74) is 7.86. The van der Waals surface area contributed by atoms with Gasteiger partial charge in [0.1, 0.15) is 5.82 Å². The summed E-state index contributed by atoms with van der Waals surface area (Å²) in [6, 6.07) is 5.31. The van der Waals surface area contributed by atoms with Gasteiger partial charge in [0.25, 0.3) is 0 Å². The zero-order valence-corrected chi connectivity index (χ0v) is 8.50. The highest BCUT2D eigenvalue weighted by Gasteiger charge is 2.47. The van der Waals surface area contributed by atoms with Gasteiger partial charge < -0.3 is 10.7 Å². The lowest BCUT2D eigenvalue weighted by Crippen LogP contribution is -2.34. The number of nitrogens with zero attached hydrogens (tertiary/aromatic N) is 1. The minimum Gasteiger partial charge on any atom is -0.399 e. The minimum absolute atomic E-state index is 0.109. The number of alkyl halides is 2. The third-order valence-electron chi connectivity index (χ3n) is 3.00. The van der Waals surface area contributed by atoms with Crippen molar-refractivity contribution in [3.8, 4) is 0 Å². The van der Waals surface area contributed by atoms with E-state index >= 15 is 0 Å². The Morgan fingerprint density at radius 2 is 2.12 bits per heavy atom. The van der Waals surface area contributed by atoms with Crippen LogP contribution in [0.15, 0.2) is 18.2 Å². The molecule has 0 amide bonds. The fraction of sp³-hybridized carbons (Fsp3) is 0.364. The summed E-state index contributed by atoms with van der Waals surface area (Å²) in [5, 5.41) is 0. The van der Waals surface area contributed by atoms with Crippen LogP contribution in [0.4, 0.5) is 14.5 Å². The highest BCUT2D eigenvalue weighted by atomic mass is 19.3. The van der Waals surface area contributed by atoms with E-state index in [9.17, 15) is 8.78 Å². The summed E-state index contributed by atoms with van der Waals surface area (Å²) >= 11 is 0. The number of fused-ring (bicyclic) bond motifs is 1. The van der Waals surface area contributed by atoms with Crippen molar-refractivity contribution in [3.63, 3.8) is 0 Å². The lowest BCUT2D eigenvalue weighted by Gasteiger charge is -2.33. The van der Waals surface area contributed by atoms with E-state index < -0.39 is 5.92 Å². The summed E-state index contributed by atoms with van der Waals surface area (Å²) in [6.07, 6.45) is -0.218. The molecule has 0 bridgehead atoms. The number of hydrogen-bond acceptors (Lipinski definition) is 2. The summed E-state index contributed by atoms with van der Waals surface area (Å²) in [4.78, 5) is 7.35. The van der Waals surface area contributed by atoms with Crippen LogP contribution in [-0.2, 0) is 0 Å². The van der Waals surface area contributed by atoms with Gasteiger partial charge in [0.05, 0.1) is 11.0 Å². The number of imidazole rings is 1. The van der Waals surface area contributed by atoms with E-state index in [1.54, 1.807) is 18.2 Å². The van der Waals surface area contributed by atoms with Gasteiger partial charge in [-0.25, -0.2) is 13.8 Å². The van der Waals surface area contributed by atoms with Gasteiger partial charge in [-0.15, -0.1) is 0 Å². The van der Waals surface area contributed by atoms with Gasteiger partial charge in [0.2, 0.25) is 5.92 Å². The quantitative estimate of drug-likeness (QED) is 0.730. The third kappa shape index (κ3) is 1.43. The SMILES string of the molecule is Nc1ccc2nc(C3CC(F)(F)C3)[nH]c2c1.